The van der Waals surface area contributed by atoms with E-state index in [1.165, 1.54) is 26.4 Å². The highest BCUT2D eigenvalue weighted by molar-refractivity contribution is 6.30. The summed E-state index contributed by atoms with van der Waals surface area (Å²) in [5.74, 6) is 0.104. The van der Waals surface area contributed by atoms with Crippen LogP contribution < -0.4 is 26.0 Å². The van der Waals surface area contributed by atoms with Crippen LogP contribution in [0.4, 0.5) is 5.69 Å². The molecule has 0 radical (unpaired) electrons. The minimum atomic E-state index is -0.776. The maximum Gasteiger partial charge on any atom is 0.333 e. The third-order valence-corrected chi connectivity index (χ3v) is 4.20. The number of halogens is 1. The summed E-state index contributed by atoms with van der Waals surface area (Å²) in [7, 11) is 2.91. The van der Waals surface area contributed by atoms with Crippen molar-refractivity contribution in [2.24, 2.45) is 0 Å². The number of methoxy groups -OCH3 is 2. The molecular weight excluding hydrogens is 386 g/mol. The van der Waals surface area contributed by atoms with Gasteiger partial charge in [0.05, 0.1) is 19.9 Å². The highest BCUT2D eigenvalue weighted by Gasteiger charge is 2.17. The van der Waals surface area contributed by atoms with E-state index in [9.17, 15) is 14.4 Å². The minimum Gasteiger partial charge on any atom is -0.493 e. The van der Waals surface area contributed by atoms with Crippen LogP contribution >= 0.6 is 11.6 Å². The number of rotatable bonds is 5. The SMILES string of the molecule is COc1ccc(-n2c(=O)[nH]cc(C(=O)Nc3ccc(Cl)cc3)c2=O)cc1OC. The average Bonchev–Trinajstić information content (AvgIpc) is 2.69. The fourth-order valence-corrected chi connectivity index (χ4v) is 2.69. The van der Waals surface area contributed by atoms with Gasteiger partial charge in [0, 0.05) is 23.0 Å². The number of H-pyrrole nitrogens is 1. The van der Waals surface area contributed by atoms with Gasteiger partial charge in [-0.2, -0.15) is 0 Å². The first-order valence-electron chi connectivity index (χ1n) is 8.08. The number of benzene rings is 2. The average molecular weight is 402 g/mol. The summed E-state index contributed by atoms with van der Waals surface area (Å²) in [6, 6.07) is 10.9. The third kappa shape index (κ3) is 3.77. The van der Waals surface area contributed by atoms with Gasteiger partial charge in [-0.25, -0.2) is 9.36 Å². The highest BCUT2D eigenvalue weighted by atomic mass is 35.5. The van der Waals surface area contributed by atoms with E-state index in [1.54, 1.807) is 30.3 Å². The molecule has 1 heterocycles. The molecule has 0 aliphatic heterocycles. The summed E-state index contributed by atoms with van der Waals surface area (Å²) in [5, 5.41) is 3.10. The lowest BCUT2D eigenvalue weighted by atomic mass is 10.2. The lowest BCUT2D eigenvalue weighted by Gasteiger charge is -2.11. The van der Waals surface area contributed by atoms with E-state index in [4.69, 9.17) is 21.1 Å². The van der Waals surface area contributed by atoms with Gasteiger partial charge in [0.1, 0.15) is 5.56 Å². The monoisotopic (exact) mass is 401 g/mol. The normalized spacial score (nSPS) is 10.4. The molecule has 1 aromatic heterocycles. The van der Waals surface area contributed by atoms with Gasteiger partial charge in [-0.3, -0.25) is 9.59 Å². The Kier molecular flexibility index (Phi) is 5.51. The van der Waals surface area contributed by atoms with Crippen LogP contribution in [0.1, 0.15) is 10.4 Å². The molecule has 0 fully saturated rings. The predicted octanol–water partition coefficient (Wildman–Crippen LogP) is 2.45. The molecule has 0 spiro atoms. The number of carbonyl (C=O) groups is 1. The summed E-state index contributed by atoms with van der Waals surface area (Å²) in [6.07, 6.45) is 1.08. The second-order valence-corrected chi connectivity index (χ2v) is 6.08. The number of nitrogens with zero attached hydrogens (tertiary/aromatic N) is 1. The van der Waals surface area contributed by atoms with Gasteiger partial charge in [-0.15, -0.1) is 0 Å². The molecule has 3 aromatic rings. The molecule has 0 atom stereocenters. The summed E-state index contributed by atoms with van der Waals surface area (Å²) >= 11 is 5.82. The molecular formula is C19H16ClN3O5. The molecule has 0 unspecified atom stereocenters. The summed E-state index contributed by atoms with van der Waals surface area (Å²) in [5.41, 5.74) is -1.02. The largest absolute Gasteiger partial charge is 0.493 e. The number of anilines is 1. The van der Waals surface area contributed by atoms with Crippen molar-refractivity contribution >= 4 is 23.2 Å². The molecule has 28 heavy (non-hydrogen) atoms. The Balaban J connectivity index is 2.03. The number of amides is 1. The van der Waals surface area contributed by atoms with Crippen molar-refractivity contribution in [3.05, 3.63) is 80.1 Å². The molecule has 0 aliphatic carbocycles. The van der Waals surface area contributed by atoms with Crippen molar-refractivity contribution < 1.29 is 14.3 Å². The number of hydrogen-bond acceptors (Lipinski definition) is 5. The Hall–Kier alpha value is -3.52. The zero-order chi connectivity index (χ0) is 20.3. The standard InChI is InChI=1S/C19H16ClN3O5/c1-27-15-8-7-13(9-16(15)28-2)23-18(25)14(10-21-19(23)26)17(24)22-12-5-3-11(20)4-6-12/h3-10H,1-2H3,(H,21,26)(H,22,24). The van der Waals surface area contributed by atoms with Gasteiger partial charge in [0.25, 0.3) is 11.5 Å². The lowest BCUT2D eigenvalue weighted by Crippen LogP contribution is -2.38. The van der Waals surface area contributed by atoms with Crippen molar-refractivity contribution in [3.63, 3.8) is 0 Å². The second kappa shape index (κ2) is 8.01. The van der Waals surface area contributed by atoms with Crippen molar-refractivity contribution in [1.82, 2.24) is 9.55 Å². The number of ether oxygens (including phenoxy) is 2. The molecule has 8 nitrogen and oxygen atoms in total. The van der Waals surface area contributed by atoms with Gasteiger partial charge in [-0.05, 0) is 36.4 Å². The summed E-state index contributed by atoms with van der Waals surface area (Å²) < 4.78 is 11.2. The predicted molar refractivity (Wildman–Crippen MR) is 105 cm³/mol. The second-order valence-electron chi connectivity index (χ2n) is 5.65. The molecule has 0 aliphatic rings. The van der Waals surface area contributed by atoms with Crippen molar-refractivity contribution in [3.8, 4) is 17.2 Å². The van der Waals surface area contributed by atoms with Gasteiger partial charge < -0.3 is 19.8 Å². The van der Waals surface area contributed by atoms with E-state index in [1.807, 2.05) is 0 Å². The van der Waals surface area contributed by atoms with Crippen LogP contribution in [-0.2, 0) is 0 Å². The zero-order valence-electron chi connectivity index (χ0n) is 15.0. The van der Waals surface area contributed by atoms with E-state index in [-0.39, 0.29) is 11.3 Å². The van der Waals surface area contributed by atoms with Gasteiger partial charge in [-0.1, -0.05) is 11.6 Å². The van der Waals surface area contributed by atoms with Gasteiger partial charge >= 0.3 is 5.69 Å². The fourth-order valence-electron chi connectivity index (χ4n) is 2.57. The molecule has 1 amide bonds. The summed E-state index contributed by atoms with van der Waals surface area (Å²) in [4.78, 5) is 40.0. The van der Waals surface area contributed by atoms with Gasteiger partial charge in [0.2, 0.25) is 0 Å². The van der Waals surface area contributed by atoms with E-state index < -0.39 is 17.2 Å². The molecule has 0 saturated carbocycles. The molecule has 0 saturated heterocycles. The van der Waals surface area contributed by atoms with Crippen molar-refractivity contribution in [2.75, 3.05) is 19.5 Å². The van der Waals surface area contributed by atoms with Crippen LogP contribution in [0.3, 0.4) is 0 Å². The first-order chi connectivity index (χ1) is 13.4. The quantitative estimate of drug-likeness (QED) is 0.683. The van der Waals surface area contributed by atoms with Crippen molar-refractivity contribution in [2.45, 2.75) is 0 Å². The Morgan fingerprint density at radius 3 is 2.36 bits per heavy atom. The number of nitrogens with one attached hydrogen (secondary N) is 2. The van der Waals surface area contributed by atoms with Crippen LogP contribution in [0, 0.1) is 0 Å². The first kappa shape index (κ1) is 19.2. The highest BCUT2D eigenvalue weighted by Crippen LogP contribution is 2.28. The fraction of sp³-hybridized carbons (Fsp3) is 0.105. The Labute approximate surface area is 164 Å². The van der Waals surface area contributed by atoms with Crippen LogP contribution in [0.25, 0.3) is 5.69 Å². The minimum absolute atomic E-state index is 0.227. The van der Waals surface area contributed by atoms with Gasteiger partial charge in [0.15, 0.2) is 11.5 Å². The zero-order valence-corrected chi connectivity index (χ0v) is 15.7. The van der Waals surface area contributed by atoms with Crippen LogP contribution in [0.5, 0.6) is 11.5 Å². The number of hydrogen-bond donors (Lipinski definition) is 2. The first-order valence-corrected chi connectivity index (χ1v) is 8.46. The van der Waals surface area contributed by atoms with Crippen LogP contribution in [0.15, 0.2) is 58.3 Å². The number of aromatic amines is 1. The Morgan fingerprint density at radius 1 is 1.04 bits per heavy atom. The maximum absolute atomic E-state index is 12.8. The molecule has 2 aromatic carbocycles. The number of aromatic nitrogens is 2. The van der Waals surface area contributed by atoms with E-state index in [0.717, 1.165) is 10.8 Å². The third-order valence-electron chi connectivity index (χ3n) is 3.95. The topological polar surface area (TPSA) is 102 Å². The van der Waals surface area contributed by atoms with Crippen molar-refractivity contribution in [1.29, 1.82) is 0 Å². The van der Waals surface area contributed by atoms with Crippen LogP contribution in [0.2, 0.25) is 5.02 Å². The van der Waals surface area contributed by atoms with Crippen LogP contribution in [-0.4, -0.2) is 29.7 Å². The summed E-state index contributed by atoms with van der Waals surface area (Å²) in [6.45, 7) is 0. The van der Waals surface area contributed by atoms with E-state index >= 15 is 0 Å². The smallest absolute Gasteiger partial charge is 0.333 e. The number of carbonyl (C=O) groups excluding carboxylic acids is 1. The molecule has 0 bridgehead atoms. The molecule has 9 heteroatoms. The van der Waals surface area contributed by atoms with E-state index in [0.29, 0.717) is 22.2 Å². The molecule has 3 rings (SSSR count). The molecule has 144 valence electrons. The maximum atomic E-state index is 12.8. The Morgan fingerprint density at radius 2 is 1.71 bits per heavy atom. The lowest BCUT2D eigenvalue weighted by molar-refractivity contribution is 0.102. The van der Waals surface area contributed by atoms with E-state index in [2.05, 4.69) is 10.3 Å². The molecule has 2 N–H and O–H groups in total. The Bertz CT molecular complexity index is 1140.